The minimum Gasteiger partial charge on any atom is -0.508 e. The number of aromatic hydroxyl groups is 1. The summed E-state index contributed by atoms with van der Waals surface area (Å²) in [6.07, 6.45) is 16.3. The molecule has 0 aromatic heterocycles. The van der Waals surface area contributed by atoms with E-state index >= 15 is 0 Å². The maximum absolute atomic E-state index is 10.4. The van der Waals surface area contributed by atoms with Crippen LogP contribution in [0.1, 0.15) is 101 Å². The number of hydrogen-bond donors (Lipinski definition) is 3. The van der Waals surface area contributed by atoms with Crippen LogP contribution in [0, 0.1) is 40.9 Å². The van der Waals surface area contributed by atoms with Crippen LogP contribution in [0.15, 0.2) is 30.4 Å². The average Bonchev–Trinajstić information content (AvgIpc) is 3.28. The van der Waals surface area contributed by atoms with Crippen molar-refractivity contribution in [1.29, 1.82) is 0 Å². The lowest BCUT2D eigenvalue weighted by atomic mass is 9.46. The number of hydrogen-bond acceptors (Lipinski definition) is 4. The van der Waals surface area contributed by atoms with Crippen molar-refractivity contribution in [2.75, 3.05) is 6.61 Å². The summed E-state index contributed by atoms with van der Waals surface area (Å²) in [5.74, 6) is 9.08. The molecule has 3 saturated carbocycles. The molecule has 8 unspecified atom stereocenters. The van der Waals surface area contributed by atoms with Crippen molar-refractivity contribution in [1.82, 2.24) is 0 Å². The Bertz CT molecular complexity index is 1190. The molecule has 6 bridgehead atoms. The summed E-state index contributed by atoms with van der Waals surface area (Å²) in [6, 6.07) is 5.96. The van der Waals surface area contributed by atoms with Crippen LogP contribution in [0.5, 0.6) is 5.75 Å². The molecule has 4 nitrogen and oxygen atoms in total. The molecule has 7 aliphatic rings. The fourth-order valence-corrected chi connectivity index (χ4v) is 10.6. The number of fused-ring (bicyclic) bond motifs is 10. The molecule has 2 aliphatic heterocycles. The van der Waals surface area contributed by atoms with Crippen LogP contribution in [0.3, 0.4) is 0 Å². The topological polar surface area (TPSA) is 75.7 Å². The first-order valence-electron chi connectivity index (χ1n) is 14.8. The zero-order valence-corrected chi connectivity index (χ0v) is 22.5. The average molecular weight is 502 g/mol. The van der Waals surface area contributed by atoms with Crippen molar-refractivity contribution >= 4 is 0 Å². The lowest BCUT2D eigenvalue weighted by Gasteiger charge is -2.68. The largest absolute Gasteiger partial charge is 0.508 e. The molecule has 0 amide bonds. The smallest absolute Gasteiger partial charge is 0.115 e. The van der Waals surface area contributed by atoms with E-state index in [1.807, 2.05) is 12.1 Å². The molecule has 8 atom stereocenters. The zero-order chi connectivity index (χ0) is 25.6. The number of benzene rings is 1. The number of allylic oxidation sites excluding steroid dienone is 2. The molecule has 0 radical (unpaired) electrons. The van der Waals surface area contributed by atoms with Gasteiger partial charge in [0.25, 0.3) is 0 Å². The van der Waals surface area contributed by atoms with E-state index in [4.69, 9.17) is 10.5 Å². The van der Waals surface area contributed by atoms with Gasteiger partial charge in [0.15, 0.2) is 0 Å². The Morgan fingerprint density at radius 3 is 2.62 bits per heavy atom. The Balaban J connectivity index is 1.46. The fourth-order valence-electron chi connectivity index (χ4n) is 10.6. The van der Waals surface area contributed by atoms with Crippen molar-refractivity contribution in [2.45, 2.75) is 107 Å². The van der Waals surface area contributed by atoms with E-state index in [0.29, 0.717) is 35.3 Å². The number of aliphatic hydroxyl groups excluding tert-OH is 1. The van der Waals surface area contributed by atoms with Crippen LogP contribution in [0.2, 0.25) is 0 Å². The second kappa shape index (κ2) is 8.10. The predicted molar refractivity (Wildman–Crippen MR) is 145 cm³/mol. The van der Waals surface area contributed by atoms with Crippen LogP contribution in [-0.4, -0.2) is 33.6 Å². The Morgan fingerprint density at radius 1 is 1.05 bits per heavy atom. The van der Waals surface area contributed by atoms with Crippen molar-refractivity contribution < 1.29 is 14.9 Å². The van der Waals surface area contributed by atoms with Crippen molar-refractivity contribution in [3.63, 3.8) is 0 Å². The Kier molecular flexibility index (Phi) is 5.31. The van der Waals surface area contributed by atoms with E-state index in [2.05, 4.69) is 43.9 Å². The highest BCUT2D eigenvalue weighted by Gasteiger charge is 2.69. The maximum atomic E-state index is 10.4. The summed E-state index contributed by atoms with van der Waals surface area (Å²) >= 11 is 0. The number of phenols is 1. The van der Waals surface area contributed by atoms with Gasteiger partial charge >= 0.3 is 0 Å². The van der Waals surface area contributed by atoms with Gasteiger partial charge in [-0.1, -0.05) is 42.9 Å². The highest BCUT2D eigenvalue weighted by molar-refractivity contribution is 5.50. The van der Waals surface area contributed by atoms with Crippen LogP contribution in [0.25, 0.3) is 0 Å². The highest BCUT2D eigenvalue weighted by Crippen LogP contribution is 2.66. The number of nitrogens with two attached hydrogens (primary N) is 1. The van der Waals surface area contributed by atoms with Crippen molar-refractivity contribution in [3.05, 3.63) is 41.5 Å². The molecule has 198 valence electrons. The molecule has 4 N–H and O–H groups in total. The van der Waals surface area contributed by atoms with Crippen molar-refractivity contribution in [2.24, 2.45) is 34.8 Å². The SMILES string of the molecule is CC1(C)OC23CCC1C(N)(CCO)C2C#CC1C=CC(c2ccc(O)cc21)C1CC3CC2(CCCC2)C1. The van der Waals surface area contributed by atoms with Gasteiger partial charge in [0.2, 0.25) is 0 Å². The first-order chi connectivity index (χ1) is 17.7. The summed E-state index contributed by atoms with van der Waals surface area (Å²) < 4.78 is 7.33. The zero-order valence-electron chi connectivity index (χ0n) is 22.5. The third-order valence-electron chi connectivity index (χ3n) is 11.8. The molecule has 8 rings (SSSR count). The molecule has 37 heavy (non-hydrogen) atoms. The van der Waals surface area contributed by atoms with Gasteiger partial charge in [-0.2, -0.15) is 0 Å². The number of ether oxygens (including phenoxy) is 1. The summed E-state index contributed by atoms with van der Waals surface area (Å²) in [6.45, 7) is 4.56. The van der Waals surface area contributed by atoms with Crippen LogP contribution in [-0.2, 0) is 4.74 Å². The van der Waals surface area contributed by atoms with E-state index in [-0.39, 0.29) is 35.6 Å². The minimum absolute atomic E-state index is 0.0550. The van der Waals surface area contributed by atoms with Gasteiger partial charge in [0, 0.05) is 24.0 Å². The van der Waals surface area contributed by atoms with Gasteiger partial charge in [-0.05, 0) is 106 Å². The van der Waals surface area contributed by atoms with Gasteiger partial charge < -0.3 is 20.7 Å². The van der Waals surface area contributed by atoms with E-state index in [1.54, 1.807) is 0 Å². The number of rotatable bonds is 2. The monoisotopic (exact) mass is 501 g/mol. The highest BCUT2D eigenvalue weighted by atomic mass is 16.5. The molecule has 2 saturated heterocycles. The third-order valence-corrected chi connectivity index (χ3v) is 11.8. The molecule has 5 aliphatic carbocycles. The van der Waals surface area contributed by atoms with Gasteiger partial charge in [0.1, 0.15) is 5.75 Å². The van der Waals surface area contributed by atoms with E-state index < -0.39 is 5.54 Å². The summed E-state index contributed by atoms with van der Waals surface area (Å²) in [5, 5.41) is 20.7. The van der Waals surface area contributed by atoms with Gasteiger partial charge in [-0.3, -0.25) is 0 Å². The number of aliphatic hydroxyl groups is 1. The van der Waals surface area contributed by atoms with Crippen LogP contribution < -0.4 is 5.73 Å². The quantitative estimate of drug-likeness (QED) is 0.355. The molecule has 1 aromatic carbocycles. The second-order valence-corrected chi connectivity index (χ2v) is 14.1. The normalized spacial score (nSPS) is 44.0. The van der Waals surface area contributed by atoms with Crippen LogP contribution >= 0.6 is 0 Å². The first kappa shape index (κ1) is 24.3. The van der Waals surface area contributed by atoms with Gasteiger partial charge in [-0.15, -0.1) is 0 Å². The number of phenolic OH excluding ortho intramolecular Hbond substituents is 1. The third kappa shape index (κ3) is 3.39. The van der Waals surface area contributed by atoms with E-state index in [1.165, 1.54) is 44.1 Å². The molecule has 2 heterocycles. The van der Waals surface area contributed by atoms with Gasteiger partial charge in [0.05, 0.1) is 23.0 Å². The second-order valence-electron chi connectivity index (χ2n) is 14.1. The maximum Gasteiger partial charge on any atom is 0.115 e. The standard InChI is InChI=1S/C33H43NO3/c1-30(2)28-11-14-33(37-30)23-17-22(19-31(20-23)12-3-4-13-31)25-8-5-21(27-18-24(36)7-9-26(25)27)6-10-29(33)32(28,34)15-16-35/h5,7-9,18,21-23,25,28-29,35-36H,3-4,11-17,19-20,34H2,1-2H3. The molecular weight excluding hydrogens is 458 g/mol. The summed E-state index contributed by atoms with van der Waals surface area (Å²) in [5.41, 5.74) is 9.07. The van der Waals surface area contributed by atoms with E-state index in [9.17, 15) is 10.2 Å². The fraction of sp³-hybridized carbons (Fsp3) is 0.697. The minimum atomic E-state index is -0.574. The molecule has 1 aromatic rings. The Hall–Kier alpha value is -1.80. The molecule has 4 heteroatoms. The lowest BCUT2D eigenvalue weighted by molar-refractivity contribution is -0.309. The molecule has 5 fully saturated rings. The first-order valence-corrected chi connectivity index (χ1v) is 14.8. The molecule has 2 spiro atoms. The van der Waals surface area contributed by atoms with Crippen molar-refractivity contribution in [3.8, 4) is 17.6 Å². The molecular formula is C33H43NO3. The van der Waals surface area contributed by atoms with Gasteiger partial charge in [-0.25, -0.2) is 0 Å². The Morgan fingerprint density at radius 2 is 1.86 bits per heavy atom. The summed E-state index contributed by atoms with van der Waals surface area (Å²) in [7, 11) is 0. The Labute approximate surface area is 222 Å². The predicted octanol–water partition coefficient (Wildman–Crippen LogP) is 5.78. The van der Waals surface area contributed by atoms with Crippen LogP contribution in [0.4, 0.5) is 0 Å². The van der Waals surface area contributed by atoms with E-state index in [0.717, 1.165) is 24.8 Å². The lowest BCUT2D eigenvalue weighted by Crippen LogP contribution is -2.77. The summed E-state index contributed by atoms with van der Waals surface area (Å²) in [4.78, 5) is 0.